The van der Waals surface area contributed by atoms with Gasteiger partial charge in [0.05, 0.1) is 5.92 Å². The molecule has 2 aromatic rings. The summed E-state index contributed by atoms with van der Waals surface area (Å²) >= 11 is 0. The summed E-state index contributed by atoms with van der Waals surface area (Å²) in [7, 11) is 0. The van der Waals surface area contributed by atoms with E-state index >= 15 is 0 Å². The van der Waals surface area contributed by atoms with Crippen LogP contribution in [0.25, 0.3) is 0 Å². The molecule has 2 rings (SSSR count). The van der Waals surface area contributed by atoms with E-state index in [-0.39, 0.29) is 5.69 Å². The second-order valence-electron chi connectivity index (χ2n) is 5.60. The van der Waals surface area contributed by atoms with Gasteiger partial charge in [-0.25, -0.2) is 0 Å². The van der Waals surface area contributed by atoms with E-state index in [0.29, 0.717) is 6.42 Å². The highest BCUT2D eigenvalue weighted by molar-refractivity contribution is 5.93. The molecule has 27 heavy (non-hydrogen) atoms. The molecule has 0 radical (unpaired) electrons. The molecule has 1 amide bonds. The molecule has 5 nitrogen and oxygen atoms in total. The molecule has 2 aromatic carbocycles. The molecule has 0 aliphatic carbocycles. The topological polar surface area (TPSA) is 64.6 Å². The fourth-order valence-electron chi connectivity index (χ4n) is 2.40. The van der Waals surface area contributed by atoms with E-state index in [1.807, 2.05) is 25.1 Å². The van der Waals surface area contributed by atoms with E-state index in [1.54, 1.807) is 12.1 Å². The third-order valence-corrected chi connectivity index (χ3v) is 3.61. The third kappa shape index (κ3) is 6.65. The van der Waals surface area contributed by atoms with Gasteiger partial charge in [0.1, 0.15) is 5.75 Å². The quantitative estimate of drug-likeness (QED) is 0.728. The summed E-state index contributed by atoms with van der Waals surface area (Å²) in [6.07, 6.45) is -4.27. The van der Waals surface area contributed by atoms with Crippen LogP contribution >= 0.6 is 0 Å². The molecule has 0 saturated heterocycles. The summed E-state index contributed by atoms with van der Waals surface area (Å²) in [6.45, 7) is 1.34. The van der Waals surface area contributed by atoms with Gasteiger partial charge in [0.25, 0.3) is 5.91 Å². The Kier molecular flexibility index (Phi) is 6.81. The zero-order chi connectivity index (χ0) is 19.9. The highest BCUT2D eigenvalue weighted by Gasteiger charge is 2.31. The van der Waals surface area contributed by atoms with E-state index in [0.717, 1.165) is 17.7 Å². The monoisotopic (exact) mass is 381 g/mol. The van der Waals surface area contributed by atoms with Gasteiger partial charge in [0, 0.05) is 5.69 Å². The van der Waals surface area contributed by atoms with Gasteiger partial charge in [0.2, 0.25) is 0 Å². The van der Waals surface area contributed by atoms with Gasteiger partial charge >= 0.3 is 12.3 Å². The lowest BCUT2D eigenvalue weighted by Crippen LogP contribution is -2.24. The van der Waals surface area contributed by atoms with E-state index in [9.17, 15) is 22.8 Å². The SMILES string of the molecule is CC[C@@H](C(=O)OCC(=O)Nc1ccc(OC(F)(F)F)cc1)c1ccccc1. The van der Waals surface area contributed by atoms with Crippen LogP contribution in [0.3, 0.4) is 0 Å². The molecule has 0 unspecified atom stereocenters. The first-order valence-corrected chi connectivity index (χ1v) is 8.15. The van der Waals surface area contributed by atoms with Crippen LogP contribution in [0.5, 0.6) is 5.75 Å². The minimum absolute atomic E-state index is 0.251. The van der Waals surface area contributed by atoms with Crippen LogP contribution in [0.4, 0.5) is 18.9 Å². The van der Waals surface area contributed by atoms with Crippen molar-refractivity contribution in [3.8, 4) is 5.75 Å². The van der Waals surface area contributed by atoms with Crippen molar-refractivity contribution in [3.05, 3.63) is 60.2 Å². The molecule has 1 N–H and O–H groups in total. The van der Waals surface area contributed by atoms with Crippen LogP contribution in [-0.2, 0) is 14.3 Å². The summed E-state index contributed by atoms with van der Waals surface area (Å²) in [4.78, 5) is 24.1. The van der Waals surface area contributed by atoms with Crippen molar-refractivity contribution in [1.29, 1.82) is 0 Å². The maximum absolute atomic E-state index is 12.2. The lowest BCUT2D eigenvalue weighted by Gasteiger charge is -2.14. The summed E-state index contributed by atoms with van der Waals surface area (Å²) in [5, 5.41) is 2.43. The third-order valence-electron chi connectivity index (χ3n) is 3.61. The van der Waals surface area contributed by atoms with Crippen molar-refractivity contribution in [3.63, 3.8) is 0 Å². The number of hydrogen-bond acceptors (Lipinski definition) is 4. The number of halogens is 3. The Morgan fingerprint density at radius 1 is 1.04 bits per heavy atom. The number of ether oxygens (including phenoxy) is 2. The molecular formula is C19H18F3NO4. The predicted octanol–water partition coefficient (Wildman–Crippen LogP) is 4.26. The summed E-state index contributed by atoms with van der Waals surface area (Å²) in [5.74, 6) is -2.00. The first-order chi connectivity index (χ1) is 12.8. The molecule has 0 bridgehead atoms. The number of carbonyl (C=O) groups is 2. The molecule has 0 fully saturated rings. The van der Waals surface area contributed by atoms with Gasteiger partial charge in [0.15, 0.2) is 6.61 Å². The summed E-state index contributed by atoms with van der Waals surface area (Å²) in [6, 6.07) is 13.7. The standard InChI is InChI=1S/C19H18F3NO4/c1-2-16(13-6-4-3-5-7-13)18(25)26-12-17(24)23-14-8-10-15(11-9-14)27-19(20,21)22/h3-11,16H,2,12H2,1H3,(H,23,24)/t16-/m1/s1. The maximum atomic E-state index is 12.2. The number of carbonyl (C=O) groups excluding carboxylic acids is 2. The molecule has 0 aliphatic rings. The van der Waals surface area contributed by atoms with Gasteiger partial charge in [-0.15, -0.1) is 13.2 Å². The minimum atomic E-state index is -4.78. The molecular weight excluding hydrogens is 363 g/mol. The Morgan fingerprint density at radius 2 is 1.67 bits per heavy atom. The number of alkyl halides is 3. The summed E-state index contributed by atoms with van der Waals surface area (Å²) in [5.41, 5.74) is 1.05. The van der Waals surface area contributed by atoms with Gasteiger partial charge < -0.3 is 14.8 Å². The number of hydrogen-bond donors (Lipinski definition) is 1. The number of rotatable bonds is 7. The van der Waals surface area contributed by atoms with Crippen LogP contribution in [0.1, 0.15) is 24.8 Å². The van der Waals surface area contributed by atoms with Crippen molar-refractivity contribution in [2.24, 2.45) is 0 Å². The molecule has 0 heterocycles. The lowest BCUT2D eigenvalue weighted by atomic mass is 9.97. The highest BCUT2D eigenvalue weighted by atomic mass is 19.4. The van der Waals surface area contributed by atoms with E-state index < -0.39 is 36.5 Å². The normalized spacial score (nSPS) is 12.1. The zero-order valence-corrected chi connectivity index (χ0v) is 14.5. The highest BCUT2D eigenvalue weighted by Crippen LogP contribution is 2.24. The fourth-order valence-corrected chi connectivity index (χ4v) is 2.40. The first kappa shape index (κ1) is 20.3. The van der Waals surface area contributed by atoms with E-state index in [2.05, 4.69) is 10.1 Å². The Balaban J connectivity index is 1.86. The Morgan fingerprint density at radius 3 is 2.22 bits per heavy atom. The smallest absolute Gasteiger partial charge is 0.455 e. The Bertz CT molecular complexity index is 761. The van der Waals surface area contributed by atoms with Crippen molar-refractivity contribution in [2.75, 3.05) is 11.9 Å². The van der Waals surface area contributed by atoms with Gasteiger partial charge in [-0.1, -0.05) is 37.3 Å². The Hall–Kier alpha value is -3.03. The molecule has 8 heteroatoms. The average Bonchev–Trinajstić information content (AvgIpc) is 2.62. The average molecular weight is 381 g/mol. The first-order valence-electron chi connectivity index (χ1n) is 8.15. The largest absolute Gasteiger partial charge is 0.573 e. The van der Waals surface area contributed by atoms with Crippen LogP contribution in [0.15, 0.2) is 54.6 Å². The minimum Gasteiger partial charge on any atom is -0.455 e. The van der Waals surface area contributed by atoms with Crippen molar-refractivity contribution < 1.29 is 32.2 Å². The molecule has 0 saturated carbocycles. The second kappa shape index (κ2) is 9.07. The van der Waals surface area contributed by atoms with Crippen LogP contribution in [0, 0.1) is 0 Å². The fraction of sp³-hybridized carbons (Fsp3) is 0.263. The zero-order valence-electron chi connectivity index (χ0n) is 14.5. The predicted molar refractivity (Wildman–Crippen MR) is 92.2 cm³/mol. The second-order valence-corrected chi connectivity index (χ2v) is 5.60. The van der Waals surface area contributed by atoms with Crippen LogP contribution in [-0.4, -0.2) is 24.8 Å². The number of benzene rings is 2. The van der Waals surface area contributed by atoms with Crippen molar-refractivity contribution >= 4 is 17.6 Å². The number of amides is 1. The van der Waals surface area contributed by atoms with Crippen molar-refractivity contribution in [1.82, 2.24) is 0 Å². The maximum Gasteiger partial charge on any atom is 0.573 e. The van der Waals surface area contributed by atoms with E-state index in [1.165, 1.54) is 12.1 Å². The van der Waals surface area contributed by atoms with Crippen LogP contribution < -0.4 is 10.1 Å². The molecule has 0 spiro atoms. The van der Waals surface area contributed by atoms with Crippen LogP contribution in [0.2, 0.25) is 0 Å². The Labute approximate surface area is 154 Å². The van der Waals surface area contributed by atoms with Crippen molar-refractivity contribution in [2.45, 2.75) is 25.6 Å². The molecule has 144 valence electrons. The number of esters is 1. The van der Waals surface area contributed by atoms with Gasteiger partial charge in [-0.05, 0) is 36.2 Å². The van der Waals surface area contributed by atoms with Gasteiger partial charge in [-0.3, -0.25) is 9.59 Å². The number of nitrogens with one attached hydrogen (secondary N) is 1. The molecule has 1 atom stereocenters. The van der Waals surface area contributed by atoms with E-state index in [4.69, 9.17) is 4.74 Å². The lowest BCUT2D eigenvalue weighted by molar-refractivity contribution is -0.274. The number of anilines is 1. The summed E-state index contributed by atoms with van der Waals surface area (Å²) < 4.78 is 45.1. The van der Waals surface area contributed by atoms with Gasteiger partial charge in [-0.2, -0.15) is 0 Å². The molecule has 0 aromatic heterocycles. The molecule has 0 aliphatic heterocycles.